The summed E-state index contributed by atoms with van der Waals surface area (Å²) in [5.74, 6) is 2.00. The maximum atomic E-state index is 10.4. The third kappa shape index (κ3) is 1.88. The maximum absolute atomic E-state index is 10.4. The van der Waals surface area contributed by atoms with Gasteiger partial charge in [0.15, 0.2) is 0 Å². The number of nitrogens with one attached hydrogen (secondary N) is 1. The maximum Gasteiger partial charge on any atom is 0.0798 e. The molecular formula is C12H22N2O2. The lowest BCUT2D eigenvalue weighted by Crippen LogP contribution is -2.49. The molecule has 2 heterocycles. The predicted octanol–water partition coefficient (Wildman–Crippen LogP) is -0.729. The Morgan fingerprint density at radius 2 is 1.81 bits per heavy atom. The molecule has 4 heteroatoms. The Morgan fingerprint density at radius 1 is 1.19 bits per heavy atom. The van der Waals surface area contributed by atoms with Crippen LogP contribution >= 0.6 is 0 Å². The third-order valence-corrected chi connectivity index (χ3v) is 4.71. The van der Waals surface area contributed by atoms with Crippen LogP contribution in [0.3, 0.4) is 0 Å². The third-order valence-electron chi connectivity index (χ3n) is 4.71. The van der Waals surface area contributed by atoms with Crippen LogP contribution in [-0.2, 0) is 0 Å². The number of nitrogens with zero attached hydrogens (tertiary/aromatic N) is 1. The van der Waals surface area contributed by atoms with E-state index in [1.807, 2.05) is 0 Å². The van der Waals surface area contributed by atoms with E-state index in [0.29, 0.717) is 12.5 Å². The standard InChI is InChI=1S/C12H22N2O2/c15-7-11-9-5-14(6-10(9)11)8-12(16)1-3-13-4-2-12/h9-11,13,15-16H,1-8H2/t9-,10+,11?. The largest absolute Gasteiger partial charge is 0.396 e. The highest BCUT2D eigenvalue weighted by Gasteiger charge is 2.55. The van der Waals surface area contributed by atoms with Crippen LogP contribution in [0.4, 0.5) is 0 Å². The monoisotopic (exact) mass is 226 g/mol. The number of hydrogen-bond donors (Lipinski definition) is 3. The summed E-state index contributed by atoms with van der Waals surface area (Å²) < 4.78 is 0. The van der Waals surface area contributed by atoms with E-state index in [4.69, 9.17) is 5.11 Å². The van der Waals surface area contributed by atoms with Crippen molar-refractivity contribution < 1.29 is 10.2 Å². The molecule has 1 saturated carbocycles. The van der Waals surface area contributed by atoms with Crippen molar-refractivity contribution in [3.63, 3.8) is 0 Å². The molecule has 3 aliphatic rings. The first-order chi connectivity index (χ1) is 7.72. The first-order valence-corrected chi connectivity index (χ1v) is 6.48. The molecule has 1 unspecified atom stereocenters. The summed E-state index contributed by atoms with van der Waals surface area (Å²) in [7, 11) is 0. The molecular weight excluding hydrogens is 204 g/mol. The second-order valence-corrected chi connectivity index (χ2v) is 5.84. The van der Waals surface area contributed by atoms with E-state index in [2.05, 4.69) is 10.2 Å². The van der Waals surface area contributed by atoms with Crippen LogP contribution < -0.4 is 5.32 Å². The van der Waals surface area contributed by atoms with E-state index in [9.17, 15) is 5.11 Å². The number of piperidine rings is 2. The highest BCUT2D eigenvalue weighted by molar-refractivity contribution is 5.05. The first-order valence-electron chi connectivity index (χ1n) is 6.48. The minimum atomic E-state index is -0.462. The summed E-state index contributed by atoms with van der Waals surface area (Å²) in [6.45, 7) is 5.25. The number of aliphatic hydroxyl groups is 2. The highest BCUT2D eigenvalue weighted by atomic mass is 16.3. The Morgan fingerprint density at radius 3 is 2.38 bits per heavy atom. The number of fused-ring (bicyclic) bond motifs is 1. The summed E-state index contributed by atoms with van der Waals surface area (Å²) in [6.07, 6.45) is 1.75. The molecule has 3 rings (SSSR count). The van der Waals surface area contributed by atoms with E-state index in [1.54, 1.807) is 0 Å². The molecule has 92 valence electrons. The molecule has 2 aliphatic heterocycles. The average Bonchev–Trinajstić information content (AvgIpc) is 2.74. The summed E-state index contributed by atoms with van der Waals surface area (Å²) >= 11 is 0. The minimum absolute atomic E-state index is 0.358. The van der Waals surface area contributed by atoms with Crippen LogP contribution in [0.2, 0.25) is 0 Å². The molecule has 0 bridgehead atoms. The van der Waals surface area contributed by atoms with Crippen LogP contribution in [0.15, 0.2) is 0 Å². The van der Waals surface area contributed by atoms with E-state index < -0.39 is 5.60 Å². The van der Waals surface area contributed by atoms with Gasteiger partial charge in [-0.1, -0.05) is 0 Å². The lowest BCUT2D eigenvalue weighted by molar-refractivity contribution is -0.0194. The molecule has 0 amide bonds. The Kier molecular flexibility index (Phi) is 2.70. The van der Waals surface area contributed by atoms with Gasteiger partial charge in [0.05, 0.1) is 5.60 Å². The smallest absolute Gasteiger partial charge is 0.0798 e. The van der Waals surface area contributed by atoms with Gasteiger partial charge in [-0.15, -0.1) is 0 Å². The van der Waals surface area contributed by atoms with E-state index in [0.717, 1.165) is 57.4 Å². The van der Waals surface area contributed by atoms with Crippen LogP contribution in [0.25, 0.3) is 0 Å². The quantitative estimate of drug-likeness (QED) is 0.594. The van der Waals surface area contributed by atoms with Crippen molar-refractivity contribution in [1.29, 1.82) is 0 Å². The van der Waals surface area contributed by atoms with Crippen molar-refractivity contribution in [2.75, 3.05) is 39.3 Å². The summed E-state index contributed by atoms with van der Waals surface area (Å²) in [6, 6.07) is 0. The molecule has 0 aromatic rings. The molecule has 0 aromatic carbocycles. The topological polar surface area (TPSA) is 55.7 Å². The molecule has 4 nitrogen and oxygen atoms in total. The van der Waals surface area contributed by atoms with Crippen molar-refractivity contribution in [3.8, 4) is 0 Å². The Labute approximate surface area is 96.6 Å². The summed E-state index contributed by atoms with van der Waals surface area (Å²) in [5, 5.41) is 22.8. The molecule has 3 fully saturated rings. The molecule has 1 aliphatic carbocycles. The van der Waals surface area contributed by atoms with Gasteiger partial charge in [-0.05, 0) is 43.7 Å². The number of β-amino-alcohol motifs (C(OH)–C–C–N with tert-alkyl or cyclic N) is 1. The lowest BCUT2D eigenvalue weighted by Gasteiger charge is -2.36. The van der Waals surface area contributed by atoms with Crippen molar-refractivity contribution in [2.24, 2.45) is 17.8 Å². The van der Waals surface area contributed by atoms with Gasteiger partial charge in [-0.2, -0.15) is 0 Å². The fourth-order valence-electron chi connectivity index (χ4n) is 3.60. The Balaban J connectivity index is 1.50. The number of hydrogen-bond acceptors (Lipinski definition) is 4. The molecule has 0 spiro atoms. The van der Waals surface area contributed by atoms with Gasteiger partial charge in [0.1, 0.15) is 0 Å². The van der Waals surface area contributed by atoms with Crippen molar-refractivity contribution >= 4 is 0 Å². The fourth-order valence-corrected chi connectivity index (χ4v) is 3.60. The van der Waals surface area contributed by atoms with Gasteiger partial charge < -0.3 is 15.5 Å². The molecule has 2 saturated heterocycles. The Hall–Kier alpha value is -0.160. The molecule has 3 N–H and O–H groups in total. The van der Waals surface area contributed by atoms with E-state index in [-0.39, 0.29) is 0 Å². The minimum Gasteiger partial charge on any atom is -0.396 e. The summed E-state index contributed by atoms with van der Waals surface area (Å²) in [4.78, 5) is 2.40. The SMILES string of the molecule is OCC1[C@H]2CN(CC3(O)CCNCC3)C[C@@H]12. The number of rotatable bonds is 3. The predicted molar refractivity (Wildman–Crippen MR) is 61.0 cm³/mol. The zero-order chi connectivity index (χ0) is 11.2. The van der Waals surface area contributed by atoms with Gasteiger partial charge in [-0.25, -0.2) is 0 Å². The van der Waals surface area contributed by atoms with Gasteiger partial charge in [-0.3, -0.25) is 4.90 Å². The lowest BCUT2D eigenvalue weighted by atomic mass is 9.92. The van der Waals surface area contributed by atoms with Crippen LogP contribution in [0.1, 0.15) is 12.8 Å². The van der Waals surface area contributed by atoms with Gasteiger partial charge in [0, 0.05) is 26.2 Å². The van der Waals surface area contributed by atoms with Gasteiger partial charge >= 0.3 is 0 Å². The van der Waals surface area contributed by atoms with Crippen LogP contribution in [0, 0.1) is 17.8 Å². The van der Waals surface area contributed by atoms with Crippen molar-refractivity contribution in [3.05, 3.63) is 0 Å². The molecule has 0 radical (unpaired) electrons. The zero-order valence-electron chi connectivity index (χ0n) is 9.73. The van der Waals surface area contributed by atoms with E-state index in [1.165, 1.54) is 0 Å². The fraction of sp³-hybridized carbons (Fsp3) is 1.00. The Bertz CT molecular complexity index is 254. The number of aliphatic hydroxyl groups excluding tert-OH is 1. The first kappa shape index (κ1) is 11.0. The molecule has 0 aromatic heterocycles. The van der Waals surface area contributed by atoms with E-state index >= 15 is 0 Å². The van der Waals surface area contributed by atoms with Crippen LogP contribution in [-0.4, -0.2) is 60.0 Å². The van der Waals surface area contributed by atoms with Crippen molar-refractivity contribution in [1.82, 2.24) is 10.2 Å². The molecule has 3 atom stereocenters. The average molecular weight is 226 g/mol. The van der Waals surface area contributed by atoms with Gasteiger partial charge in [0.2, 0.25) is 0 Å². The van der Waals surface area contributed by atoms with Crippen LogP contribution in [0.5, 0.6) is 0 Å². The van der Waals surface area contributed by atoms with Crippen molar-refractivity contribution in [2.45, 2.75) is 18.4 Å². The second kappa shape index (κ2) is 3.95. The summed E-state index contributed by atoms with van der Waals surface area (Å²) in [5.41, 5.74) is -0.462. The highest BCUT2D eigenvalue weighted by Crippen LogP contribution is 2.51. The van der Waals surface area contributed by atoms with Gasteiger partial charge in [0.25, 0.3) is 0 Å². The second-order valence-electron chi connectivity index (χ2n) is 5.84. The molecule has 16 heavy (non-hydrogen) atoms. The number of likely N-dealkylation sites (tertiary alicyclic amines) is 1. The zero-order valence-corrected chi connectivity index (χ0v) is 9.73. The normalized spacial score (nSPS) is 42.0.